The molecule has 4 rings (SSSR count). The zero-order valence-corrected chi connectivity index (χ0v) is 17.0. The van der Waals surface area contributed by atoms with Gasteiger partial charge in [0.1, 0.15) is 0 Å². The third-order valence-corrected chi connectivity index (χ3v) is 5.72. The summed E-state index contributed by atoms with van der Waals surface area (Å²) >= 11 is 1.48. The second kappa shape index (κ2) is 8.62. The molecule has 8 heteroatoms. The first-order valence-electron chi connectivity index (χ1n) is 9.44. The number of piperazine rings is 1. The molecule has 0 amide bonds. The molecule has 0 N–H and O–H groups in total. The maximum atomic E-state index is 5.20. The van der Waals surface area contributed by atoms with Crippen LogP contribution in [0, 0.1) is 6.92 Å². The zero-order chi connectivity index (χ0) is 19.3. The predicted octanol–water partition coefficient (Wildman–Crippen LogP) is 2.68. The van der Waals surface area contributed by atoms with Gasteiger partial charge in [-0.25, -0.2) is 4.98 Å². The maximum absolute atomic E-state index is 5.20. The van der Waals surface area contributed by atoms with Crippen molar-refractivity contribution in [2.75, 3.05) is 44.7 Å². The van der Waals surface area contributed by atoms with Crippen LogP contribution in [0.1, 0.15) is 11.3 Å². The van der Waals surface area contributed by atoms with Crippen LogP contribution in [0.15, 0.2) is 36.7 Å². The highest BCUT2D eigenvalue weighted by Crippen LogP contribution is 2.25. The zero-order valence-electron chi connectivity index (χ0n) is 16.2. The highest BCUT2D eigenvalue weighted by atomic mass is 32.1. The first-order chi connectivity index (χ1) is 13.7. The summed E-state index contributed by atoms with van der Waals surface area (Å²) < 4.78 is 9.75. The van der Waals surface area contributed by atoms with Gasteiger partial charge in [0.25, 0.3) is 0 Å². The monoisotopic (exact) mass is 396 g/mol. The molecular formula is C20H24N6OS. The summed E-state index contributed by atoms with van der Waals surface area (Å²) in [6, 6.07) is 8.06. The second-order valence-corrected chi connectivity index (χ2v) is 7.60. The normalized spacial score (nSPS) is 15.0. The number of pyridine rings is 2. The van der Waals surface area contributed by atoms with E-state index in [-0.39, 0.29) is 0 Å². The Morgan fingerprint density at radius 2 is 1.89 bits per heavy atom. The summed E-state index contributed by atoms with van der Waals surface area (Å²) in [7, 11) is 1.65. The van der Waals surface area contributed by atoms with Gasteiger partial charge in [0.15, 0.2) is 5.82 Å². The SMILES string of the molecule is COc1cc(CCN2CCN(c3nc(-c4ccnc(C)c4)ns3)CC2)ccn1. The molecule has 1 fully saturated rings. The largest absolute Gasteiger partial charge is 0.481 e. The van der Waals surface area contributed by atoms with Crippen LogP contribution in [-0.2, 0) is 6.42 Å². The van der Waals surface area contributed by atoms with E-state index in [0.29, 0.717) is 5.88 Å². The Hall–Kier alpha value is -2.58. The van der Waals surface area contributed by atoms with E-state index >= 15 is 0 Å². The molecule has 7 nitrogen and oxygen atoms in total. The lowest BCUT2D eigenvalue weighted by atomic mass is 10.2. The lowest BCUT2D eigenvalue weighted by Crippen LogP contribution is -2.47. The van der Waals surface area contributed by atoms with Crippen molar-refractivity contribution in [3.63, 3.8) is 0 Å². The van der Waals surface area contributed by atoms with Gasteiger partial charge in [0.2, 0.25) is 11.0 Å². The molecule has 146 valence electrons. The lowest BCUT2D eigenvalue weighted by Gasteiger charge is -2.34. The number of anilines is 1. The molecule has 0 saturated carbocycles. The maximum Gasteiger partial charge on any atom is 0.213 e. The number of aryl methyl sites for hydroxylation is 1. The van der Waals surface area contributed by atoms with Gasteiger partial charge >= 0.3 is 0 Å². The summed E-state index contributed by atoms with van der Waals surface area (Å²) in [4.78, 5) is 18.0. The molecule has 0 aromatic carbocycles. The third kappa shape index (κ3) is 4.45. The van der Waals surface area contributed by atoms with Crippen molar-refractivity contribution in [1.82, 2.24) is 24.2 Å². The van der Waals surface area contributed by atoms with E-state index in [4.69, 9.17) is 9.72 Å². The van der Waals surface area contributed by atoms with Crippen molar-refractivity contribution in [3.05, 3.63) is 47.9 Å². The average Bonchev–Trinajstić information content (AvgIpc) is 3.23. The summed E-state index contributed by atoms with van der Waals surface area (Å²) in [6.07, 6.45) is 4.62. The van der Waals surface area contributed by atoms with Crippen molar-refractivity contribution in [2.24, 2.45) is 0 Å². The van der Waals surface area contributed by atoms with E-state index in [1.165, 1.54) is 17.1 Å². The Labute approximate surface area is 169 Å². The van der Waals surface area contributed by atoms with E-state index in [0.717, 1.165) is 61.4 Å². The summed E-state index contributed by atoms with van der Waals surface area (Å²) in [6.45, 7) is 7.04. The minimum atomic E-state index is 0.679. The highest BCUT2D eigenvalue weighted by molar-refractivity contribution is 7.09. The van der Waals surface area contributed by atoms with Crippen LogP contribution < -0.4 is 9.64 Å². The van der Waals surface area contributed by atoms with Gasteiger partial charge in [-0.1, -0.05) is 0 Å². The van der Waals surface area contributed by atoms with Crippen LogP contribution in [0.3, 0.4) is 0 Å². The van der Waals surface area contributed by atoms with Gasteiger partial charge in [-0.3, -0.25) is 9.88 Å². The van der Waals surface area contributed by atoms with Gasteiger partial charge < -0.3 is 9.64 Å². The standard InChI is InChI=1S/C20H24N6OS/c1-15-13-17(4-7-21-15)19-23-20(28-24-19)26-11-9-25(10-12-26)8-5-16-3-6-22-18(14-16)27-2/h3-4,6-7,13-14H,5,8-12H2,1-2H3. The molecule has 1 aliphatic rings. The Morgan fingerprint density at radius 1 is 1.07 bits per heavy atom. The molecule has 1 saturated heterocycles. The molecule has 1 aliphatic heterocycles. The predicted molar refractivity (Wildman–Crippen MR) is 111 cm³/mol. The Kier molecular flexibility index (Phi) is 5.78. The fourth-order valence-corrected chi connectivity index (χ4v) is 4.05. The first kappa shape index (κ1) is 18.8. The molecule has 0 aliphatic carbocycles. The van der Waals surface area contributed by atoms with Crippen molar-refractivity contribution < 1.29 is 4.74 Å². The molecule has 0 radical (unpaired) electrons. The minimum absolute atomic E-state index is 0.679. The van der Waals surface area contributed by atoms with E-state index in [1.54, 1.807) is 7.11 Å². The van der Waals surface area contributed by atoms with Crippen LogP contribution in [0.5, 0.6) is 5.88 Å². The molecule has 3 aromatic rings. The van der Waals surface area contributed by atoms with Gasteiger partial charge in [0.05, 0.1) is 7.11 Å². The fourth-order valence-electron chi connectivity index (χ4n) is 3.31. The smallest absolute Gasteiger partial charge is 0.213 e. The van der Waals surface area contributed by atoms with Crippen LogP contribution in [0.4, 0.5) is 5.13 Å². The van der Waals surface area contributed by atoms with Crippen molar-refractivity contribution in [1.29, 1.82) is 0 Å². The van der Waals surface area contributed by atoms with E-state index in [1.807, 2.05) is 37.5 Å². The summed E-state index contributed by atoms with van der Waals surface area (Å²) in [5.74, 6) is 1.47. The molecule has 28 heavy (non-hydrogen) atoms. The van der Waals surface area contributed by atoms with Crippen molar-refractivity contribution >= 4 is 16.7 Å². The Bertz CT molecular complexity index is 922. The van der Waals surface area contributed by atoms with Crippen molar-refractivity contribution in [3.8, 4) is 17.3 Å². The third-order valence-electron chi connectivity index (χ3n) is 4.94. The number of hydrogen-bond acceptors (Lipinski definition) is 8. The van der Waals surface area contributed by atoms with Gasteiger partial charge in [-0.05, 0) is 37.1 Å². The minimum Gasteiger partial charge on any atom is -0.481 e. The molecule has 3 aromatic heterocycles. The van der Waals surface area contributed by atoms with Gasteiger partial charge in [0, 0.05) is 74.0 Å². The molecule has 0 bridgehead atoms. The number of aromatic nitrogens is 4. The second-order valence-electron chi connectivity index (χ2n) is 6.87. The van der Waals surface area contributed by atoms with E-state index < -0.39 is 0 Å². The van der Waals surface area contributed by atoms with Gasteiger partial charge in [-0.15, -0.1) is 0 Å². The first-order valence-corrected chi connectivity index (χ1v) is 10.2. The number of hydrogen-bond donors (Lipinski definition) is 0. The fraction of sp³-hybridized carbons (Fsp3) is 0.400. The van der Waals surface area contributed by atoms with E-state index in [2.05, 4.69) is 30.2 Å². The lowest BCUT2D eigenvalue weighted by molar-refractivity contribution is 0.261. The summed E-state index contributed by atoms with van der Waals surface area (Å²) in [5, 5.41) is 1.00. The number of rotatable bonds is 6. The number of ether oxygens (including phenoxy) is 1. The van der Waals surface area contributed by atoms with Gasteiger partial charge in [-0.2, -0.15) is 9.36 Å². The average molecular weight is 397 g/mol. The molecule has 0 spiro atoms. The molecule has 4 heterocycles. The number of nitrogens with zero attached hydrogens (tertiary/aromatic N) is 6. The molecule has 0 atom stereocenters. The topological polar surface area (TPSA) is 67.3 Å². The van der Waals surface area contributed by atoms with Crippen LogP contribution in [0.25, 0.3) is 11.4 Å². The van der Waals surface area contributed by atoms with Crippen molar-refractivity contribution in [2.45, 2.75) is 13.3 Å². The van der Waals surface area contributed by atoms with Crippen LogP contribution in [-0.4, -0.2) is 64.1 Å². The van der Waals surface area contributed by atoms with Crippen LogP contribution >= 0.6 is 11.5 Å². The molecule has 0 unspecified atom stereocenters. The quantitative estimate of drug-likeness (QED) is 0.634. The number of methoxy groups -OCH3 is 1. The summed E-state index contributed by atoms with van der Waals surface area (Å²) in [5.41, 5.74) is 3.27. The highest BCUT2D eigenvalue weighted by Gasteiger charge is 2.20. The van der Waals surface area contributed by atoms with E-state index in [9.17, 15) is 0 Å². The Morgan fingerprint density at radius 3 is 2.68 bits per heavy atom. The van der Waals surface area contributed by atoms with Crippen LogP contribution in [0.2, 0.25) is 0 Å². The molecular weight excluding hydrogens is 372 g/mol. The Balaban J connectivity index is 1.30.